The third-order valence-corrected chi connectivity index (χ3v) is 2.54. The first-order valence-corrected chi connectivity index (χ1v) is 5.24. The van der Waals surface area contributed by atoms with Crippen molar-refractivity contribution < 1.29 is 14.4 Å². The highest BCUT2D eigenvalue weighted by Crippen LogP contribution is 2.26. The van der Waals surface area contributed by atoms with Gasteiger partial charge in [0.15, 0.2) is 0 Å². The van der Waals surface area contributed by atoms with Crippen LogP contribution in [0, 0.1) is 6.92 Å². The van der Waals surface area contributed by atoms with Crippen LogP contribution in [0.25, 0.3) is 11.4 Å². The summed E-state index contributed by atoms with van der Waals surface area (Å²) in [7, 11) is 0. The van der Waals surface area contributed by atoms with Crippen molar-refractivity contribution in [1.29, 1.82) is 0 Å². The summed E-state index contributed by atoms with van der Waals surface area (Å²) in [5, 5.41) is 12.9. The number of carbonyl (C=O) groups is 1. The van der Waals surface area contributed by atoms with Crippen LogP contribution in [0.4, 0.5) is 0 Å². The molecule has 6 nitrogen and oxygen atoms in total. The molecule has 2 aromatic rings. The third kappa shape index (κ3) is 1.82. The summed E-state index contributed by atoms with van der Waals surface area (Å²) >= 11 is 0. The van der Waals surface area contributed by atoms with E-state index in [9.17, 15) is 4.79 Å². The average Bonchev–Trinajstić information content (AvgIpc) is 2.82. The molecule has 0 unspecified atom stereocenters. The van der Waals surface area contributed by atoms with Gasteiger partial charge in [0.25, 0.3) is 0 Å². The van der Waals surface area contributed by atoms with Crippen molar-refractivity contribution in [2.45, 2.75) is 26.8 Å². The van der Waals surface area contributed by atoms with Gasteiger partial charge in [0.1, 0.15) is 17.0 Å². The second kappa shape index (κ2) is 4.04. The molecule has 1 N–H and O–H groups in total. The third-order valence-electron chi connectivity index (χ3n) is 2.54. The number of imidazole rings is 1. The van der Waals surface area contributed by atoms with Crippen molar-refractivity contribution >= 4 is 5.97 Å². The highest BCUT2D eigenvalue weighted by Gasteiger charge is 2.23. The van der Waals surface area contributed by atoms with Crippen LogP contribution >= 0.6 is 0 Å². The van der Waals surface area contributed by atoms with Gasteiger partial charge in [-0.1, -0.05) is 5.16 Å². The molecular formula is C11H13N3O3. The fourth-order valence-corrected chi connectivity index (χ4v) is 1.70. The summed E-state index contributed by atoms with van der Waals surface area (Å²) in [5.74, 6) is -0.751. The zero-order valence-electron chi connectivity index (χ0n) is 9.84. The first-order chi connectivity index (χ1) is 8.02. The predicted molar refractivity (Wildman–Crippen MR) is 59.8 cm³/mol. The van der Waals surface area contributed by atoms with Crippen molar-refractivity contribution in [2.75, 3.05) is 0 Å². The van der Waals surface area contributed by atoms with Crippen molar-refractivity contribution in [2.24, 2.45) is 0 Å². The molecule has 0 aliphatic heterocycles. The predicted octanol–water partition coefficient (Wildman–Crippen LogP) is 2.13. The van der Waals surface area contributed by atoms with Crippen LogP contribution < -0.4 is 0 Å². The number of aromatic carboxylic acids is 1. The Morgan fingerprint density at radius 2 is 2.24 bits per heavy atom. The van der Waals surface area contributed by atoms with Crippen LogP contribution in [0.3, 0.4) is 0 Å². The molecule has 0 spiro atoms. The van der Waals surface area contributed by atoms with Gasteiger partial charge in [-0.3, -0.25) is 0 Å². The lowest BCUT2D eigenvalue weighted by molar-refractivity contribution is 0.0695. The molecule has 0 saturated carbocycles. The second-order valence-electron chi connectivity index (χ2n) is 4.05. The van der Waals surface area contributed by atoms with E-state index >= 15 is 0 Å². The molecule has 0 aliphatic rings. The Labute approximate surface area is 97.9 Å². The second-order valence-corrected chi connectivity index (χ2v) is 4.05. The van der Waals surface area contributed by atoms with E-state index < -0.39 is 5.97 Å². The maximum atomic E-state index is 11.2. The van der Waals surface area contributed by atoms with Gasteiger partial charge in [0.2, 0.25) is 0 Å². The number of aromatic nitrogens is 3. The summed E-state index contributed by atoms with van der Waals surface area (Å²) in [5.41, 5.74) is 1.06. The molecule has 2 rings (SSSR count). The van der Waals surface area contributed by atoms with E-state index in [2.05, 4.69) is 10.1 Å². The van der Waals surface area contributed by atoms with Gasteiger partial charge in [0.05, 0.1) is 18.2 Å². The Hall–Kier alpha value is -2.11. The van der Waals surface area contributed by atoms with Crippen LogP contribution in [-0.2, 0) is 0 Å². The minimum absolute atomic E-state index is 0.0902. The van der Waals surface area contributed by atoms with Crippen LogP contribution in [-0.4, -0.2) is 25.8 Å². The zero-order valence-corrected chi connectivity index (χ0v) is 9.84. The molecule has 17 heavy (non-hydrogen) atoms. The van der Waals surface area contributed by atoms with E-state index in [-0.39, 0.29) is 11.6 Å². The minimum Gasteiger partial charge on any atom is -0.477 e. The summed E-state index contributed by atoms with van der Waals surface area (Å²) in [6.07, 6.45) is 3.24. The van der Waals surface area contributed by atoms with Gasteiger partial charge in [-0.15, -0.1) is 0 Å². The molecule has 0 bridgehead atoms. The molecule has 90 valence electrons. The fraction of sp³-hybridized carbons (Fsp3) is 0.364. The molecule has 0 fully saturated rings. The molecule has 0 saturated heterocycles. The summed E-state index contributed by atoms with van der Waals surface area (Å²) < 4.78 is 6.79. The molecule has 2 heterocycles. The Bertz CT molecular complexity index is 554. The van der Waals surface area contributed by atoms with Crippen LogP contribution in [0.1, 0.15) is 36.0 Å². The lowest BCUT2D eigenvalue weighted by Gasteiger charge is -2.09. The number of aryl methyl sites for hydroxylation is 1. The van der Waals surface area contributed by atoms with Crippen molar-refractivity contribution in [3.05, 3.63) is 23.8 Å². The van der Waals surface area contributed by atoms with Crippen LogP contribution in [0.15, 0.2) is 17.0 Å². The summed E-state index contributed by atoms with van der Waals surface area (Å²) in [6.45, 7) is 5.55. The normalized spacial score (nSPS) is 11.1. The van der Waals surface area contributed by atoms with E-state index in [1.54, 1.807) is 19.4 Å². The number of rotatable bonds is 3. The Kier molecular flexibility index (Phi) is 2.71. The maximum Gasteiger partial charge on any atom is 0.341 e. The highest BCUT2D eigenvalue weighted by atomic mass is 16.5. The Morgan fingerprint density at radius 1 is 1.53 bits per heavy atom. The van der Waals surface area contributed by atoms with E-state index in [0.29, 0.717) is 17.1 Å². The zero-order chi connectivity index (χ0) is 12.6. The van der Waals surface area contributed by atoms with Crippen molar-refractivity contribution in [1.82, 2.24) is 14.7 Å². The molecule has 0 radical (unpaired) electrons. The number of carboxylic acid groups (broad SMARTS) is 1. The fourth-order valence-electron chi connectivity index (χ4n) is 1.70. The number of hydrogen-bond donors (Lipinski definition) is 1. The quantitative estimate of drug-likeness (QED) is 0.881. The van der Waals surface area contributed by atoms with Crippen molar-refractivity contribution in [3.8, 4) is 11.4 Å². The molecule has 0 aliphatic carbocycles. The highest BCUT2D eigenvalue weighted by molar-refractivity contribution is 5.95. The first-order valence-electron chi connectivity index (χ1n) is 5.24. The first kappa shape index (κ1) is 11.4. The standard InChI is InChI=1S/C11H13N3O3/c1-6(2)14-5-12-4-8(14)10-9(11(15)16)7(3)17-13-10/h4-6H,1-3H3,(H,15,16). The van der Waals surface area contributed by atoms with E-state index in [4.69, 9.17) is 9.63 Å². The van der Waals surface area contributed by atoms with Crippen LogP contribution in [0.2, 0.25) is 0 Å². The van der Waals surface area contributed by atoms with Crippen LogP contribution in [0.5, 0.6) is 0 Å². The number of nitrogens with zero attached hydrogens (tertiary/aromatic N) is 3. The smallest absolute Gasteiger partial charge is 0.341 e. The lowest BCUT2D eigenvalue weighted by Crippen LogP contribution is -2.05. The molecule has 2 aromatic heterocycles. The molecular weight excluding hydrogens is 222 g/mol. The molecule has 0 amide bonds. The van der Waals surface area contributed by atoms with E-state index in [1.807, 2.05) is 18.4 Å². The molecule has 0 atom stereocenters. The van der Waals surface area contributed by atoms with Gasteiger partial charge in [-0.2, -0.15) is 0 Å². The number of carboxylic acids is 1. The minimum atomic E-state index is -1.05. The maximum absolute atomic E-state index is 11.2. The molecule has 0 aromatic carbocycles. The summed E-state index contributed by atoms with van der Waals surface area (Å²) in [4.78, 5) is 15.2. The van der Waals surface area contributed by atoms with Gasteiger partial charge in [-0.25, -0.2) is 9.78 Å². The SMILES string of the molecule is Cc1onc(-c2cncn2C(C)C)c1C(=O)O. The van der Waals surface area contributed by atoms with Gasteiger partial charge < -0.3 is 14.2 Å². The van der Waals surface area contributed by atoms with E-state index in [1.165, 1.54) is 0 Å². The van der Waals surface area contributed by atoms with E-state index in [0.717, 1.165) is 0 Å². The molecule has 6 heteroatoms. The van der Waals surface area contributed by atoms with Gasteiger partial charge >= 0.3 is 5.97 Å². The average molecular weight is 235 g/mol. The van der Waals surface area contributed by atoms with Crippen molar-refractivity contribution in [3.63, 3.8) is 0 Å². The summed E-state index contributed by atoms with van der Waals surface area (Å²) in [6, 6.07) is 0.172. The monoisotopic (exact) mass is 235 g/mol. The lowest BCUT2D eigenvalue weighted by atomic mass is 10.1. The van der Waals surface area contributed by atoms with Gasteiger partial charge in [-0.05, 0) is 20.8 Å². The number of hydrogen-bond acceptors (Lipinski definition) is 4. The Balaban J connectivity index is 2.61. The van der Waals surface area contributed by atoms with Gasteiger partial charge in [0, 0.05) is 6.04 Å². The largest absolute Gasteiger partial charge is 0.477 e. The Morgan fingerprint density at radius 3 is 2.82 bits per heavy atom. The topological polar surface area (TPSA) is 81.2 Å².